The number of rotatable bonds is 3. The molecule has 1 heterocycles. The maximum absolute atomic E-state index is 11.5. The van der Waals surface area contributed by atoms with E-state index < -0.39 is 11.2 Å². The van der Waals surface area contributed by atoms with Crippen LogP contribution in [0.4, 0.5) is 11.5 Å². The zero-order chi connectivity index (χ0) is 15.4. The lowest BCUT2D eigenvalue weighted by atomic mass is 10.2. The molecule has 4 N–H and O–H groups in total. The van der Waals surface area contributed by atoms with E-state index >= 15 is 0 Å². The molecule has 21 heavy (non-hydrogen) atoms. The van der Waals surface area contributed by atoms with E-state index in [9.17, 15) is 14.4 Å². The summed E-state index contributed by atoms with van der Waals surface area (Å²) in [4.78, 5) is 38.6. The molecule has 0 spiro atoms. The number of amides is 1. The van der Waals surface area contributed by atoms with E-state index in [0.717, 1.165) is 0 Å². The van der Waals surface area contributed by atoms with Gasteiger partial charge in [-0.1, -0.05) is 6.07 Å². The Morgan fingerprint density at radius 2 is 2.05 bits per heavy atom. The Kier molecular flexibility index (Phi) is 3.85. The summed E-state index contributed by atoms with van der Waals surface area (Å²) < 4.78 is 0. The van der Waals surface area contributed by atoms with Crippen molar-refractivity contribution in [1.29, 1.82) is 5.26 Å². The van der Waals surface area contributed by atoms with Gasteiger partial charge in [0, 0.05) is 18.3 Å². The number of nitriles is 1. The van der Waals surface area contributed by atoms with E-state index in [1.807, 2.05) is 4.98 Å². The molecule has 8 nitrogen and oxygen atoms in total. The monoisotopic (exact) mass is 285 g/mol. The molecule has 106 valence electrons. The highest BCUT2D eigenvalue weighted by molar-refractivity contribution is 5.95. The largest absolute Gasteiger partial charge is 0.355 e. The van der Waals surface area contributed by atoms with E-state index in [2.05, 4.69) is 15.6 Å². The Morgan fingerprint density at radius 1 is 1.29 bits per heavy atom. The van der Waals surface area contributed by atoms with Crippen LogP contribution in [0.3, 0.4) is 0 Å². The van der Waals surface area contributed by atoms with E-state index in [-0.39, 0.29) is 17.3 Å². The van der Waals surface area contributed by atoms with Crippen molar-refractivity contribution in [3.05, 3.63) is 56.2 Å². The lowest BCUT2D eigenvalue weighted by Crippen LogP contribution is -2.26. The van der Waals surface area contributed by atoms with Gasteiger partial charge in [-0.15, -0.1) is 0 Å². The smallest absolute Gasteiger partial charge is 0.327 e. The van der Waals surface area contributed by atoms with Crippen molar-refractivity contribution < 1.29 is 4.79 Å². The van der Waals surface area contributed by atoms with Gasteiger partial charge < -0.3 is 10.6 Å². The number of hydrogen-bond donors (Lipinski definition) is 4. The van der Waals surface area contributed by atoms with Gasteiger partial charge in [0.1, 0.15) is 11.9 Å². The minimum Gasteiger partial charge on any atom is -0.355 e. The first-order valence-corrected chi connectivity index (χ1v) is 5.91. The third-order valence-corrected chi connectivity index (χ3v) is 2.68. The van der Waals surface area contributed by atoms with Gasteiger partial charge in [0.25, 0.3) is 11.5 Å². The standard InChI is InChI=1S/C13H11N5O3/c1-15-11(19)7-3-2-4-8(5-7)16-10-9(6-14)12(20)18-13(21)17-10/h2-5H,1H3,(H,15,19)(H3,16,17,18,20,21). The summed E-state index contributed by atoms with van der Waals surface area (Å²) in [7, 11) is 1.50. The average molecular weight is 285 g/mol. The Balaban J connectivity index is 2.44. The average Bonchev–Trinajstić information content (AvgIpc) is 2.46. The summed E-state index contributed by atoms with van der Waals surface area (Å²) in [6, 6.07) is 8.10. The summed E-state index contributed by atoms with van der Waals surface area (Å²) in [5.41, 5.74) is -0.919. The van der Waals surface area contributed by atoms with Crippen LogP contribution in [0.5, 0.6) is 0 Å². The molecule has 2 rings (SSSR count). The van der Waals surface area contributed by atoms with Crippen LogP contribution in [0.1, 0.15) is 15.9 Å². The molecular formula is C13H11N5O3. The molecule has 0 unspecified atom stereocenters. The fraction of sp³-hybridized carbons (Fsp3) is 0.0769. The van der Waals surface area contributed by atoms with Crippen LogP contribution in [0.15, 0.2) is 33.9 Å². The van der Waals surface area contributed by atoms with Crippen LogP contribution in [-0.2, 0) is 0 Å². The fourth-order valence-electron chi connectivity index (χ4n) is 1.71. The minimum absolute atomic E-state index is 0.0275. The second-order valence-corrected chi connectivity index (χ2v) is 4.05. The number of nitrogens with zero attached hydrogens (tertiary/aromatic N) is 1. The Morgan fingerprint density at radius 3 is 2.71 bits per heavy atom. The third kappa shape index (κ3) is 2.98. The molecular weight excluding hydrogens is 274 g/mol. The van der Waals surface area contributed by atoms with E-state index in [1.165, 1.54) is 13.1 Å². The van der Waals surface area contributed by atoms with Crippen LogP contribution in [-0.4, -0.2) is 22.9 Å². The predicted octanol–water partition coefficient (Wildman–Crippen LogP) is 0.0381. The lowest BCUT2D eigenvalue weighted by Gasteiger charge is -2.08. The maximum Gasteiger partial charge on any atom is 0.327 e. The number of aromatic nitrogens is 2. The molecule has 1 aromatic heterocycles. The Labute approximate surface area is 118 Å². The maximum atomic E-state index is 11.5. The quantitative estimate of drug-likeness (QED) is 0.632. The first-order valence-electron chi connectivity index (χ1n) is 5.91. The number of hydrogen-bond acceptors (Lipinski definition) is 5. The molecule has 0 radical (unpaired) electrons. The minimum atomic E-state index is -0.786. The lowest BCUT2D eigenvalue weighted by molar-refractivity contribution is 0.0963. The van der Waals surface area contributed by atoms with Crippen molar-refractivity contribution in [3.63, 3.8) is 0 Å². The van der Waals surface area contributed by atoms with Gasteiger partial charge in [-0.2, -0.15) is 5.26 Å². The molecule has 0 atom stereocenters. The summed E-state index contributed by atoms with van der Waals surface area (Å²) in [5, 5.41) is 14.2. The number of benzene rings is 1. The van der Waals surface area contributed by atoms with Gasteiger partial charge in [0.15, 0.2) is 5.56 Å². The van der Waals surface area contributed by atoms with Crippen LogP contribution >= 0.6 is 0 Å². The van der Waals surface area contributed by atoms with Gasteiger partial charge >= 0.3 is 5.69 Å². The van der Waals surface area contributed by atoms with Crippen LogP contribution < -0.4 is 21.9 Å². The number of aromatic amines is 2. The highest BCUT2D eigenvalue weighted by Gasteiger charge is 2.10. The van der Waals surface area contributed by atoms with Gasteiger partial charge in [-0.3, -0.25) is 19.6 Å². The first kappa shape index (κ1) is 14.1. The van der Waals surface area contributed by atoms with Crippen molar-refractivity contribution in [2.24, 2.45) is 0 Å². The molecule has 1 amide bonds. The fourth-order valence-corrected chi connectivity index (χ4v) is 1.71. The number of carbonyl (C=O) groups excluding carboxylic acids is 1. The number of carbonyl (C=O) groups is 1. The van der Waals surface area contributed by atoms with Crippen molar-refractivity contribution >= 4 is 17.4 Å². The number of nitrogens with one attached hydrogen (secondary N) is 4. The predicted molar refractivity (Wildman–Crippen MR) is 75.5 cm³/mol. The topological polar surface area (TPSA) is 131 Å². The van der Waals surface area contributed by atoms with Gasteiger partial charge in [0.2, 0.25) is 0 Å². The van der Waals surface area contributed by atoms with Crippen LogP contribution in [0, 0.1) is 11.3 Å². The second-order valence-electron chi connectivity index (χ2n) is 4.05. The summed E-state index contributed by atoms with van der Waals surface area (Å²) >= 11 is 0. The van der Waals surface area contributed by atoms with E-state index in [0.29, 0.717) is 11.3 Å². The van der Waals surface area contributed by atoms with Gasteiger partial charge in [0.05, 0.1) is 0 Å². The van der Waals surface area contributed by atoms with E-state index in [4.69, 9.17) is 5.26 Å². The Bertz CT molecular complexity index is 844. The molecule has 8 heteroatoms. The van der Waals surface area contributed by atoms with Gasteiger partial charge in [-0.05, 0) is 18.2 Å². The normalized spacial score (nSPS) is 9.71. The highest BCUT2D eigenvalue weighted by atomic mass is 16.2. The molecule has 0 aliphatic carbocycles. The zero-order valence-electron chi connectivity index (χ0n) is 11.0. The third-order valence-electron chi connectivity index (χ3n) is 2.68. The second kappa shape index (κ2) is 5.75. The van der Waals surface area contributed by atoms with Crippen molar-refractivity contribution in [3.8, 4) is 6.07 Å². The van der Waals surface area contributed by atoms with E-state index in [1.54, 1.807) is 24.3 Å². The highest BCUT2D eigenvalue weighted by Crippen LogP contribution is 2.16. The Hall–Kier alpha value is -3.34. The SMILES string of the molecule is CNC(=O)c1cccc(Nc2[nH]c(=O)[nH]c(=O)c2C#N)c1. The molecule has 0 saturated carbocycles. The van der Waals surface area contributed by atoms with Crippen molar-refractivity contribution in [2.75, 3.05) is 12.4 Å². The molecule has 2 aromatic rings. The molecule has 0 saturated heterocycles. The summed E-state index contributed by atoms with van der Waals surface area (Å²) in [6.45, 7) is 0. The molecule has 0 aliphatic heterocycles. The summed E-state index contributed by atoms with van der Waals surface area (Å²) in [5.74, 6) is -0.307. The first-order chi connectivity index (χ1) is 10.0. The zero-order valence-corrected chi connectivity index (χ0v) is 11.0. The molecule has 0 fully saturated rings. The molecule has 0 aliphatic rings. The summed E-state index contributed by atoms with van der Waals surface area (Å²) in [6.07, 6.45) is 0. The van der Waals surface area contributed by atoms with Gasteiger partial charge in [-0.25, -0.2) is 4.79 Å². The van der Waals surface area contributed by atoms with Crippen LogP contribution in [0.2, 0.25) is 0 Å². The molecule has 1 aromatic carbocycles. The number of H-pyrrole nitrogens is 2. The van der Waals surface area contributed by atoms with Crippen molar-refractivity contribution in [2.45, 2.75) is 0 Å². The van der Waals surface area contributed by atoms with Crippen LogP contribution in [0.25, 0.3) is 0 Å². The molecule has 0 bridgehead atoms. The number of anilines is 2. The van der Waals surface area contributed by atoms with Crippen molar-refractivity contribution in [1.82, 2.24) is 15.3 Å².